The third kappa shape index (κ3) is 5.85. The highest BCUT2D eigenvalue weighted by atomic mass is 15.3. The van der Waals surface area contributed by atoms with E-state index in [1.54, 1.807) is 12.7 Å². The Balaban J connectivity index is 2.00. The minimum Gasteiger partial charge on any atom is -0.312 e. The Labute approximate surface area is 98.5 Å². The minimum atomic E-state index is 0.599. The lowest BCUT2D eigenvalue weighted by atomic mass is 10.0. The quantitative estimate of drug-likeness (QED) is 0.735. The van der Waals surface area contributed by atoms with Gasteiger partial charge in [-0.05, 0) is 19.3 Å². The van der Waals surface area contributed by atoms with Crippen molar-refractivity contribution in [2.75, 3.05) is 6.54 Å². The molecule has 4 nitrogen and oxygen atoms in total. The van der Waals surface area contributed by atoms with E-state index in [1.807, 2.05) is 4.68 Å². The Bertz CT molecular complexity index is 256. The van der Waals surface area contributed by atoms with Crippen molar-refractivity contribution >= 4 is 0 Å². The molecular formula is C12H24N4. The van der Waals surface area contributed by atoms with Crippen LogP contribution in [0.2, 0.25) is 0 Å². The van der Waals surface area contributed by atoms with Crippen LogP contribution >= 0.6 is 0 Å². The molecule has 0 aromatic carbocycles. The molecule has 0 saturated carbocycles. The van der Waals surface area contributed by atoms with Gasteiger partial charge in [0.25, 0.3) is 0 Å². The molecule has 0 bridgehead atoms. The van der Waals surface area contributed by atoms with Crippen LogP contribution in [0.3, 0.4) is 0 Å². The molecule has 1 aromatic rings. The van der Waals surface area contributed by atoms with Crippen LogP contribution < -0.4 is 5.32 Å². The normalized spacial score (nSPS) is 13.2. The summed E-state index contributed by atoms with van der Waals surface area (Å²) in [5.41, 5.74) is 0. The molecule has 1 unspecified atom stereocenters. The maximum absolute atomic E-state index is 4.06. The zero-order valence-electron chi connectivity index (χ0n) is 10.7. The van der Waals surface area contributed by atoms with E-state index in [0.29, 0.717) is 6.04 Å². The summed E-state index contributed by atoms with van der Waals surface area (Å²) in [6.45, 7) is 8.67. The van der Waals surface area contributed by atoms with Crippen molar-refractivity contribution in [3.63, 3.8) is 0 Å². The van der Waals surface area contributed by atoms with Gasteiger partial charge in [0, 0.05) is 12.6 Å². The highest BCUT2D eigenvalue weighted by Gasteiger charge is 2.02. The summed E-state index contributed by atoms with van der Waals surface area (Å²) in [5, 5.41) is 7.57. The van der Waals surface area contributed by atoms with Crippen molar-refractivity contribution in [1.82, 2.24) is 20.1 Å². The van der Waals surface area contributed by atoms with Gasteiger partial charge in [-0.15, -0.1) is 0 Å². The maximum atomic E-state index is 4.06. The molecule has 4 heteroatoms. The molecule has 0 saturated heterocycles. The van der Waals surface area contributed by atoms with E-state index in [4.69, 9.17) is 0 Å². The minimum absolute atomic E-state index is 0.599. The van der Waals surface area contributed by atoms with E-state index in [9.17, 15) is 0 Å². The van der Waals surface area contributed by atoms with Crippen LogP contribution in [0.5, 0.6) is 0 Å². The van der Waals surface area contributed by atoms with Crippen molar-refractivity contribution in [3.8, 4) is 0 Å². The fourth-order valence-electron chi connectivity index (χ4n) is 1.71. The Morgan fingerprint density at radius 3 is 2.69 bits per heavy atom. The van der Waals surface area contributed by atoms with Gasteiger partial charge in [-0.1, -0.05) is 26.7 Å². The Hall–Kier alpha value is -0.900. The highest BCUT2D eigenvalue weighted by molar-refractivity contribution is 4.63. The summed E-state index contributed by atoms with van der Waals surface area (Å²) >= 11 is 0. The van der Waals surface area contributed by atoms with Crippen LogP contribution in [-0.4, -0.2) is 27.4 Å². The van der Waals surface area contributed by atoms with Gasteiger partial charge >= 0.3 is 0 Å². The third-order valence-corrected chi connectivity index (χ3v) is 2.72. The molecule has 1 heterocycles. The largest absolute Gasteiger partial charge is 0.312 e. The number of hydrogen-bond donors (Lipinski definition) is 1. The SMILES string of the molecule is CC(C)CCCC(C)NCCn1cncn1. The molecule has 0 aliphatic rings. The fraction of sp³-hybridized carbons (Fsp3) is 0.833. The van der Waals surface area contributed by atoms with Gasteiger partial charge in [0.1, 0.15) is 12.7 Å². The Morgan fingerprint density at radius 1 is 1.25 bits per heavy atom. The second-order valence-electron chi connectivity index (χ2n) is 4.84. The van der Waals surface area contributed by atoms with Crippen molar-refractivity contribution in [3.05, 3.63) is 12.7 Å². The van der Waals surface area contributed by atoms with Gasteiger partial charge in [0.2, 0.25) is 0 Å². The average molecular weight is 224 g/mol. The summed E-state index contributed by atoms with van der Waals surface area (Å²) in [5.74, 6) is 0.822. The van der Waals surface area contributed by atoms with Gasteiger partial charge in [-0.25, -0.2) is 4.98 Å². The number of nitrogens with one attached hydrogen (secondary N) is 1. The zero-order chi connectivity index (χ0) is 11.8. The molecule has 16 heavy (non-hydrogen) atoms. The zero-order valence-corrected chi connectivity index (χ0v) is 10.7. The van der Waals surface area contributed by atoms with Crippen LogP contribution in [0.1, 0.15) is 40.0 Å². The first-order valence-electron chi connectivity index (χ1n) is 6.24. The monoisotopic (exact) mass is 224 g/mol. The van der Waals surface area contributed by atoms with Crippen molar-refractivity contribution in [1.29, 1.82) is 0 Å². The standard InChI is InChI=1S/C12H24N4/c1-11(2)5-4-6-12(3)14-7-8-16-10-13-9-15-16/h9-12,14H,4-8H2,1-3H3. The van der Waals surface area contributed by atoms with Gasteiger partial charge < -0.3 is 5.32 Å². The molecule has 0 amide bonds. The van der Waals surface area contributed by atoms with E-state index in [1.165, 1.54) is 19.3 Å². The molecule has 0 radical (unpaired) electrons. The van der Waals surface area contributed by atoms with Crippen LogP contribution in [0.4, 0.5) is 0 Å². The van der Waals surface area contributed by atoms with Crippen molar-refractivity contribution in [2.24, 2.45) is 5.92 Å². The molecule has 0 aliphatic heterocycles. The van der Waals surface area contributed by atoms with Gasteiger partial charge in [0.05, 0.1) is 6.54 Å². The molecule has 1 atom stereocenters. The summed E-state index contributed by atoms with van der Waals surface area (Å²) in [7, 11) is 0. The second-order valence-corrected chi connectivity index (χ2v) is 4.84. The first-order valence-corrected chi connectivity index (χ1v) is 6.24. The van der Waals surface area contributed by atoms with Gasteiger partial charge in [-0.3, -0.25) is 4.68 Å². The van der Waals surface area contributed by atoms with Crippen LogP contribution in [0.25, 0.3) is 0 Å². The first kappa shape index (κ1) is 13.2. The molecule has 92 valence electrons. The Morgan fingerprint density at radius 2 is 2.06 bits per heavy atom. The van der Waals surface area contributed by atoms with Crippen molar-refractivity contribution in [2.45, 2.75) is 52.6 Å². The predicted octanol–water partition coefficient (Wildman–Crippen LogP) is 2.08. The lowest BCUT2D eigenvalue weighted by Crippen LogP contribution is -2.29. The molecule has 1 aromatic heterocycles. The molecule has 1 N–H and O–H groups in total. The smallest absolute Gasteiger partial charge is 0.137 e. The summed E-state index contributed by atoms with van der Waals surface area (Å²) in [4.78, 5) is 3.91. The number of rotatable bonds is 8. The van der Waals surface area contributed by atoms with Crippen molar-refractivity contribution < 1.29 is 0 Å². The maximum Gasteiger partial charge on any atom is 0.137 e. The van der Waals surface area contributed by atoms with E-state index in [0.717, 1.165) is 19.0 Å². The van der Waals surface area contributed by atoms with Gasteiger partial charge in [0.15, 0.2) is 0 Å². The highest BCUT2D eigenvalue weighted by Crippen LogP contribution is 2.07. The summed E-state index contributed by atoms with van der Waals surface area (Å²) in [6, 6.07) is 0.599. The molecule has 1 rings (SSSR count). The predicted molar refractivity (Wildman–Crippen MR) is 66.2 cm³/mol. The molecule has 0 spiro atoms. The molecule has 0 fully saturated rings. The topological polar surface area (TPSA) is 42.7 Å². The molecular weight excluding hydrogens is 200 g/mol. The van der Waals surface area contributed by atoms with Crippen LogP contribution in [0.15, 0.2) is 12.7 Å². The van der Waals surface area contributed by atoms with Gasteiger partial charge in [-0.2, -0.15) is 5.10 Å². The van der Waals surface area contributed by atoms with Crippen LogP contribution in [-0.2, 0) is 6.54 Å². The molecule has 0 aliphatic carbocycles. The second kappa shape index (κ2) is 7.39. The third-order valence-electron chi connectivity index (χ3n) is 2.72. The van der Waals surface area contributed by atoms with Crippen LogP contribution in [0, 0.1) is 5.92 Å². The summed E-state index contributed by atoms with van der Waals surface area (Å²) < 4.78 is 1.85. The summed E-state index contributed by atoms with van der Waals surface area (Å²) in [6.07, 6.45) is 7.23. The van der Waals surface area contributed by atoms with E-state index in [-0.39, 0.29) is 0 Å². The fourth-order valence-corrected chi connectivity index (χ4v) is 1.71. The number of hydrogen-bond acceptors (Lipinski definition) is 3. The lowest BCUT2D eigenvalue weighted by Gasteiger charge is -2.14. The van der Waals surface area contributed by atoms with E-state index in [2.05, 4.69) is 36.2 Å². The first-order chi connectivity index (χ1) is 7.68. The average Bonchev–Trinajstić information content (AvgIpc) is 2.70. The number of aromatic nitrogens is 3. The lowest BCUT2D eigenvalue weighted by molar-refractivity contribution is 0.440. The Kier molecular flexibility index (Phi) is 6.08. The number of nitrogens with zero attached hydrogens (tertiary/aromatic N) is 3. The van der Waals surface area contributed by atoms with E-state index < -0.39 is 0 Å². The van der Waals surface area contributed by atoms with E-state index >= 15 is 0 Å².